The fraction of sp³-hybridized carbons (Fsp3) is 1.00. The number of aliphatic hydroxyl groups is 2. The van der Waals surface area contributed by atoms with Crippen LogP contribution in [0.15, 0.2) is 0 Å². The van der Waals surface area contributed by atoms with Crippen LogP contribution in [0, 0.1) is 33.5 Å². The molecule has 8 nitrogen and oxygen atoms in total. The maximum Gasteiger partial charge on any atom is 0.212 e. The summed E-state index contributed by atoms with van der Waals surface area (Å²) in [5, 5.41) is 22.6. The Hall–Kier alpha value is -0.260. The minimum Gasteiger partial charge on any atom is -0.390 e. The van der Waals surface area contributed by atoms with E-state index in [1.54, 1.807) is 13.8 Å². The molecule has 0 aromatic carbocycles. The summed E-state index contributed by atoms with van der Waals surface area (Å²) in [4.78, 5) is 0. The van der Waals surface area contributed by atoms with Gasteiger partial charge in [0.15, 0.2) is 0 Å². The second-order valence-electron chi connectivity index (χ2n) is 15.3. The Morgan fingerprint density at radius 2 is 0.974 bits per heavy atom. The zero-order valence-corrected chi connectivity index (χ0v) is 25.8. The average molecular weight is 575 g/mol. The van der Waals surface area contributed by atoms with E-state index in [4.69, 9.17) is 0 Å². The topological polar surface area (TPSA) is 133 Å². The molecule has 0 aromatic heterocycles. The van der Waals surface area contributed by atoms with Crippen molar-refractivity contribution in [1.29, 1.82) is 0 Å². The molecule has 5 fully saturated rings. The third-order valence-corrected chi connectivity index (χ3v) is 16.1. The van der Waals surface area contributed by atoms with Crippen LogP contribution in [0.1, 0.15) is 106 Å². The van der Waals surface area contributed by atoms with E-state index in [2.05, 4.69) is 37.1 Å². The van der Waals surface area contributed by atoms with Gasteiger partial charge in [-0.3, -0.25) is 0 Å². The highest BCUT2D eigenvalue weighted by Gasteiger charge is 2.71. The van der Waals surface area contributed by atoms with Gasteiger partial charge in [-0.1, -0.05) is 40.5 Å². The van der Waals surface area contributed by atoms with Gasteiger partial charge in [-0.2, -0.15) is 0 Å². The minimum atomic E-state index is -3.79. The van der Waals surface area contributed by atoms with Gasteiger partial charge in [0, 0.05) is 22.9 Å². The first-order valence-electron chi connectivity index (χ1n) is 14.7. The predicted molar refractivity (Wildman–Crippen MR) is 148 cm³/mol. The molecule has 10 heteroatoms. The third kappa shape index (κ3) is 4.09. The molecule has 0 saturated heterocycles. The largest absolute Gasteiger partial charge is 0.390 e. The van der Waals surface area contributed by atoms with Crippen LogP contribution in [-0.4, -0.2) is 61.8 Å². The molecule has 0 spiro atoms. The van der Waals surface area contributed by atoms with Gasteiger partial charge >= 0.3 is 0 Å². The minimum absolute atomic E-state index is 0.145. The predicted octanol–water partition coefficient (Wildman–Crippen LogP) is 3.29. The molecule has 38 heavy (non-hydrogen) atoms. The Kier molecular flexibility index (Phi) is 6.64. The molecular formula is C28H50N2O6S2. The van der Waals surface area contributed by atoms with E-state index < -0.39 is 54.2 Å². The summed E-state index contributed by atoms with van der Waals surface area (Å²) in [6.07, 6.45) is 7.23. The number of hydrogen-bond acceptors (Lipinski definition) is 6. The van der Waals surface area contributed by atoms with Crippen LogP contribution >= 0.6 is 0 Å². The molecule has 4 bridgehead atoms. The Labute approximate surface area is 230 Å². The van der Waals surface area contributed by atoms with Gasteiger partial charge in [-0.05, 0) is 87.9 Å². The first-order valence-corrected chi connectivity index (χ1v) is 18.0. The van der Waals surface area contributed by atoms with Gasteiger partial charge in [0.25, 0.3) is 0 Å². The molecule has 5 aliphatic rings. The summed E-state index contributed by atoms with van der Waals surface area (Å²) in [5.41, 5.74) is -4.13. The fourth-order valence-electron chi connectivity index (χ4n) is 10.4. The summed E-state index contributed by atoms with van der Waals surface area (Å²) in [7, 11) is -7.59. The maximum atomic E-state index is 13.6. The molecule has 0 heterocycles. The first kappa shape index (κ1) is 29.2. The van der Waals surface area contributed by atoms with Crippen molar-refractivity contribution in [3.63, 3.8) is 0 Å². The van der Waals surface area contributed by atoms with Crippen LogP contribution in [0.2, 0.25) is 0 Å². The molecule has 5 aliphatic carbocycles. The van der Waals surface area contributed by atoms with Crippen LogP contribution in [-0.2, 0) is 20.0 Å². The smallest absolute Gasteiger partial charge is 0.212 e. The lowest BCUT2D eigenvalue weighted by Crippen LogP contribution is -2.59. The summed E-state index contributed by atoms with van der Waals surface area (Å²) < 4.78 is 60.4. The molecule has 0 radical (unpaired) electrons. The van der Waals surface area contributed by atoms with Crippen LogP contribution < -0.4 is 9.44 Å². The second kappa shape index (κ2) is 8.63. The highest BCUT2D eigenvalue weighted by atomic mass is 32.2. The van der Waals surface area contributed by atoms with Gasteiger partial charge < -0.3 is 10.2 Å². The number of sulfonamides is 2. The van der Waals surface area contributed by atoms with Crippen LogP contribution in [0.4, 0.5) is 0 Å². The molecule has 0 amide bonds. The fourth-order valence-corrected chi connectivity index (χ4v) is 15.0. The first-order chi connectivity index (χ1) is 17.2. The molecular weight excluding hydrogens is 524 g/mol. The van der Waals surface area contributed by atoms with Crippen LogP contribution in [0.25, 0.3) is 0 Å². The number of hydrogen-bond donors (Lipinski definition) is 4. The van der Waals surface area contributed by atoms with Gasteiger partial charge in [0.1, 0.15) is 0 Å². The summed E-state index contributed by atoms with van der Waals surface area (Å²) in [5.74, 6) is 0.310. The Balaban J connectivity index is 1.33. The standard InChI is InChI=1S/C28H50N2O6S2/c1-23(2)19-11-13-27(23,25(5,31)15-19)17-37(33,34)29-21-9-7-8-10-22(21)30-38(35,36)18-28-14-12-20(24(28,3)4)16-26(28,6)32/h19-22,29-32H,7-18H2,1-6H3/t19-,20-,21-,22-,25-,26-,27+,28+/m1/s1. The van der Waals surface area contributed by atoms with Gasteiger partial charge in [0.05, 0.1) is 22.7 Å². The lowest BCUT2D eigenvalue weighted by Gasteiger charge is -2.47. The zero-order valence-electron chi connectivity index (χ0n) is 24.1. The number of nitrogens with one attached hydrogen (secondary N) is 2. The van der Waals surface area contributed by atoms with Crippen molar-refractivity contribution in [2.75, 3.05) is 11.5 Å². The van der Waals surface area contributed by atoms with E-state index in [0.717, 1.165) is 25.7 Å². The van der Waals surface area contributed by atoms with E-state index in [0.29, 0.717) is 50.4 Å². The summed E-state index contributed by atoms with van der Waals surface area (Å²) in [6, 6.07) is -1.06. The Bertz CT molecular complexity index is 1090. The molecule has 220 valence electrons. The van der Waals surface area contributed by atoms with Crippen molar-refractivity contribution in [3.05, 3.63) is 0 Å². The second-order valence-corrected chi connectivity index (χ2v) is 18.8. The molecule has 0 unspecified atom stereocenters. The Morgan fingerprint density at radius 1 is 0.632 bits per heavy atom. The van der Waals surface area contributed by atoms with Crippen molar-refractivity contribution >= 4 is 20.0 Å². The summed E-state index contributed by atoms with van der Waals surface area (Å²) >= 11 is 0. The van der Waals surface area contributed by atoms with Crippen LogP contribution in [0.3, 0.4) is 0 Å². The van der Waals surface area contributed by atoms with Crippen molar-refractivity contribution in [3.8, 4) is 0 Å². The zero-order chi connectivity index (χ0) is 28.2. The van der Waals surface area contributed by atoms with E-state index in [1.165, 1.54) is 0 Å². The highest BCUT2D eigenvalue weighted by Crippen LogP contribution is 2.71. The van der Waals surface area contributed by atoms with Crippen molar-refractivity contribution in [1.82, 2.24) is 9.44 Å². The Morgan fingerprint density at radius 3 is 1.24 bits per heavy atom. The molecule has 0 aliphatic heterocycles. The maximum absolute atomic E-state index is 13.6. The normalized spacial score (nSPS) is 47.6. The lowest BCUT2D eigenvalue weighted by atomic mass is 9.65. The SMILES string of the molecule is CC1(C)[C@@H]2CC[C@@]1(CS(=O)(=O)N[C@@H]1CCCC[C@H]1NS(=O)(=O)C[C@]13CC[C@H](C[C@@]1(C)O)C3(C)C)[C@](C)(O)C2. The van der Waals surface area contributed by atoms with E-state index in [9.17, 15) is 27.0 Å². The monoisotopic (exact) mass is 574 g/mol. The highest BCUT2D eigenvalue weighted by molar-refractivity contribution is 7.89. The number of rotatable bonds is 8. The van der Waals surface area contributed by atoms with Crippen LogP contribution in [0.5, 0.6) is 0 Å². The lowest BCUT2D eigenvalue weighted by molar-refractivity contribution is -0.0726. The molecule has 0 aromatic rings. The van der Waals surface area contributed by atoms with E-state index >= 15 is 0 Å². The summed E-state index contributed by atoms with van der Waals surface area (Å²) in [6.45, 7) is 11.9. The number of fused-ring (bicyclic) bond motifs is 4. The van der Waals surface area contributed by atoms with E-state index in [1.807, 2.05) is 0 Å². The van der Waals surface area contributed by atoms with E-state index in [-0.39, 0.29) is 22.3 Å². The molecule has 4 N–H and O–H groups in total. The van der Waals surface area contributed by atoms with Gasteiger partial charge in [-0.25, -0.2) is 26.3 Å². The van der Waals surface area contributed by atoms with Gasteiger partial charge in [-0.15, -0.1) is 0 Å². The molecule has 5 saturated carbocycles. The third-order valence-electron chi connectivity index (χ3n) is 13.0. The van der Waals surface area contributed by atoms with Crippen molar-refractivity contribution in [2.24, 2.45) is 33.5 Å². The quantitative estimate of drug-likeness (QED) is 0.352. The van der Waals surface area contributed by atoms with Gasteiger partial charge in [0.2, 0.25) is 20.0 Å². The van der Waals surface area contributed by atoms with Crippen molar-refractivity contribution in [2.45, 2.75) is 129 Å². The van der Waals surface area contributed by atoms with Crippen molar-refractivity contribution < 1.29 is 27.0 Å². The molecule has 5 rings (SSSR count). The molecule has 8 atom stereocenters. The average Bonchev–Trinajstić information content (AvgIpc) is 3.24.